The molecule has 110 valence electrons. The first kappa shape index (κ1) is 16.0. The number of hydrogen-bond acceptors (Lipinski definition) is 2. The van der Waals surface area contributed by atoms with Gasteiger partial charge in [0.15, 0.2) is 0 Å². The monoisotopic (exact) mass is 367 g/mol. The number of rotatable bonds is 5. The van der Waals surface area contributed by atoms with Crippen molar-refractivity contribution in [3.63, 3.8) is 0 Å². The molecule has 2 aromatic rings. The van der Waals surface area contributed by atoms with Crippen molar-refractivity contribution in [2.24, 2.45) is 0 Å². The minimum absolute atomic E-state index is 0.200. The molecule has 0 fully saturated rings. The maximum atomic E-state index is 13.6. The fraction of sp³-hybridized carbons (Fsp3) is 0.188. The number of halogens is 2. The third-order valence-corrected chi connectivity index (χ3v) is 4.29. The minimum Gasteiger partial charge on any atom is -0.323 e. The van der Waals surface area contributed by atoms with Gasteiger partial charge in [-0.1, -0.05) is 45.8 Å². The summed E-state index contributed by atoms with van der Waals surface area (Å²) in [6, 6.07) is 12.7. The van der Waals surface area contributed by atoms with Crippen LogP contribution < -0.4 is 5.32 Å². The Balaban J connectivity index is 1.82. The van der Waals surface area contributed by atoms with Gasteiger partial charge in [0.25, 0.3) is 0 Å². The Labute approximate surface area is 136 Å². The molecule has 0 bridgehead atoms. The summed E-state index contributed by atoms with van der Waals surface area (Å²) in [7, 11) is 0. The van der Waals surface area contributed by atoms with Gasteiger partial charge in [-0.2, -0.15) is 0 Å². The Bertz CT molecular complexity index is 648. The van der Waals surface area contributed by atoms with Crippen molar-refractivity contribution in [3.05, 3.63) is 63.9 Å². The highest BCUT2D eigenvalue weighted by Crippen LogP contribution is 2.20. The number of anilines is 1. The highest BCUT2D eigenvalue weighted by Gasteiger charge is 2.07. The number of carbonyl (C=O) groups excluding carboxylic acids is 1. The molecule has 1 amide bonds. The predicted octanol–water partition coefficient (Wildman–Crippen LogP) is 4.77. The fourth-order valence-corrected chi connectivity index (χ4v) is 2.95. The number of amides is 1. The molecule has 2 nitrogen and oxygen atoms in total. The summed E-state index contributed by atoms with van der Waals surface area (Å²) in [6.45, 7) is 2.04. The number of benzene rings is 2. The average molecular weight is 368 g/mol. The molecule has 21 heavy (non-hydrogen) atoms. The highest BCUT2D eigenvalue weighted by atomic mass is 79.9. The maximum Gasteiger partial charge on any atom is 0.234 e. The lowest BCUT2D eigenvalue weighted by atomic mass is 10.2. The van der Waals surface area contributed by atoms with Crippen LogP contribution in [0.2, 0.25) is 0 Å². The van der Waals surface area contributed by atoms with E-state index in [4.69, 9.17) is 0 Å². The van der Waals surface area contributed by atoms with E-state index in [1.165, 1.54) is 29.0 Å². The lowest BCUT2D eigenvalue weighted by Crippen LogP contribution is -2.15. The molecule has 0 aliphatic rings. The quantitative estimate of drug-likeness (QED) is 0.824. The zero-order valence-corrected chi connectivity index (χ0v) is 13.9. The standard InChI is InChI=1S/C16H15BrFNOS/c1-11-3-2-4-12(7-11)9-21-10-16(20)19-15-6-5-13(17)8-14(15)18/h2-8H,9-10H2,1H3,(H,19,20). The normalized spacial score (nSPS) is 10.4. The van der Waals surface area contributed by atoms with Gasteiger partial charge in [-0.3, -0.25) is 4.79 Å². The lowest BCUT2D eigenvalue weighted by molar-refractivity contribution is -0.113. The van der Waals surface area contributed by atoms with E-state index in [9.17, 15) is 9.18 Å². The van der Waals surface area contributed by atoms with Gasteiger partial charge in [-0.25, -0.2) is 4.39 Å². The summed E-state index contributed by atoms with van der Waals surface area (Å²) < 4.78 is 14.2. The molecule has 1 N–H and O–H groups in total. The van der Waals surface area contributed by atoms with Crippen molar-refractivity contribution in [2.45, 2.75) is 12.7 Å². The molecule has 0 aromatic heterocycles. The Morgan fingerprint density at radius 2 is 2.10 bits per heavy atom. The van der Waals surface area contributed by atoms with Crippen LogP contribution in [-0.2, 0) is 10.5 Å². The molecule has 0 saturated heterocycles. The molecule has 2 rings (SSSR count). The molecule has 0 unspecified atom stereocenters. The Kier molecular flexibility index (Phi) is 5.82. The number of aryl methyl sites for hydroxylation is 1. The van der Waals surface area contributed by atoms with Crippen LogP contribution in [0.4, 0.5) is 10.1 Å². The largest absolute Gasteiger partial charge is 0.323 e. The van der Waals surface area contributed by atoms with Crippen molar-refractivity contribution in [2.75, 3.05) is 11.1 Å². The number of thioether (sulfide) groups is 1. The molecular formula is C16H15BrFNOS. The zero-order chi connectivity index (χ0) is 15.2. The van der Waals surface area contributed by atoms with Crippen LogP contribution >= 0.6 is 27.7 Å². The lowest BCUT2D eigenvalue weighted by Gasteiger charge is -2.07. The summed E-state index contributed by atoms with van der Waals surface area (Å²) in [6.07, 6.45) is 0. The molecule has 0 saturated carbocycles. The van der Waals surface area contributed by atoms with Gasteiger partial charge >= 0.3 is 0 Å². The molecule has 0 heterocycles. The summed E-state index contributed by atoms with van der Waals surface area (Å²) in [5, 5.41) is 2.58. The topological polar surface area (TPSA) is 29.1 Å². The molecule has 0 aliphatic carbocycles. The van der Waals surface area contributed by atoms with Crippen molar-refractivity contribution in [1.29, 1.82) is 0 Å². The number of nitrogens with one attached hydrogen (secondary N) is 1. The third-order valence-electron chi connectivity index (χ3n) is 2.79. The SMILES string of the molecule is Cc1cccc(CSCC(=O)Nc2ccc(Br)cc2F)c1. The van der Waals surface area contributed by atoms with E-state index in [1.807, 2.05) is 25.1 Å². The van der Waals surface area contributed by atoms with Crippen LogP contribution in [0, 0.1) is 12.7 Å². The van der Waals surface area contributed by atoms with E-state index in [-0.39, 0.29) is 11.6 Å². The van der Waals surface area contributed by atoms with Crippen molar-refractivity contribution >= 4 is 39.3 Å². The van der Waals surface area contributed by atoms with Gasteiger partial charge in [0.2, 0.25) is 5.91 Å². The van der Waals surface area contributed by atoms with Crippen molar-refractivity contribution in [1.82, 2.24) is 0 Å². The van der Waals surface area contributed by atoms with Gasteiger partial charge in [0.05, 0.1) is 11.4 Å². The number of hydrogen-bond donors (Lipinski definition) is 1. The molecule has 0 spiro atoms. The van der Waals surface area contributed by atoms with E-state index in [0.717, 1.165) is 5.75 Å². The van der Waals surface area contributed by atoms with Crippen LogP contribution in [0.3, 0.4) is 0 Å². The minimum atomic E-state index is -0.443. The second-order valence-corrected chi connectivity index (χ2v) is 6.56. The molecule has 0 radical (unpaired) electrons. The van der Waals surface area contributed by atoms with Crippen LogP contribution in [0.15, 0.2) is 46.9 Å². The van der Waals surface area contributed by atoms with Crippen LogP contribution in [0.1, 0.15) is 11.1 Å². The summed E-state index contributed by atoms with van der Waals surface area (Å²) in [5.74, 6) is 0.414. The average Bonchev–Trinajstić information content (AvgIpc) is 2.42. The predicted molar refractivity (Wildman–Crippen MR) is 90.1 cm³/mol. The summed E-state index contributed by atoms with van der Waals surface area (Å²) in [5.41, 5.74) is 2.59. The zero-order valence-electron chi connectivity index (χ0n) is 11.5. The van der Waals surface area contributed by atoms with E-state index < -0.39 is 5.82 Å². The molecule has 5 heteroatoms. The first-order valence-electron chi connectivity index (χ1n) is 6.43. The Morgan fingerprint density at radius 3 is 2.81 bits per heavy atom. The summed E-state index contributed by atoms with van der Waals surface area (Å²) in [4.78, 5) is 11.8. The van der Waals surface area contributed by atoms with Gasteiger partial charge < -0.3 is 5.32 Å². The van der Waals surface area contributed by atoms with E-state index in [2.05, 4.69) is 27.3 Å². The van der Waals surface area contributed by atoms with Gasteiger partial charge in [-0.15, -0.1) is 11.8 Å². The first-order valence-corrected chi connectivity index (χ1v) is 8.37. The van der Waals surface area contributed by atoms with Gasteiger partial charge in [-0.05, 0) is 30.7 Å². The van der Waals surface area contributed by atoms with E-state index in [0.29, 0.717) is 10.2 Å². The molecular weight excluding hydrogens is 353 g/mol. The van der Waals surface area contributed by atoms with Crippen molar-refractivity contribution < 1.29 is 9.18 Å². The van der Waals surface area contributed by atoms with Gasteiger partial charge in [0, 0.05) is 10.2 Å². The fourth-order valence-electron chi connectivity index (χ4n) is 1.84. The van der Waals surface area contributed by atoms with Crippen LogP contribution in [-0.4, -0.2) is 11.7 Å². The second kappa shape index (κ2) is 7.61. The summed E-state index contributed by atoms with van der Waals surface area (Å²) >= 11 is 4.69. The third kappa shape index (κ3) is 5.17. The second-order valence-electron chi connectivity index (χ2n) is 4.65. The van der Waals surface area contributed by atoms with Crippen LogP contribution in [0.25, 0.3) is 0 Å². The first-order chi connectivity index (χ1) is 10.0. The molecule has 0 atom stereocenters. The Morgan fingerprint density at radius 1 is 1.29 bits per heavy atom. The molecule has 2 aromatic carbocycles. The van der Waals surface area contributed by atoms with Gasteiger partial charge in [0.1, 0.15) is 5.82 Å². The van der Waals surface area contributed by atoms with Crippen LogP contribution in [0.5, 0.6) is 0 Å². The Hall–Kier alpha value is -1.33. The number of carbonyl (C=O) groups is 1. The highest BCUT2D eigenvalue weighted by molar-refractivity contribution is 9.10. The smallest absolute Gasteiger partial charge is 0.234 e. The molecule has 0 aliphatic heterocycles. The van der Waals surface area contributed by atoms with E-state index in [1.54, 1.807) is 12.1 Å². The van der Waals surface area contributed by atoms with Crippen molar-refractivity contribution in [3.8, 4) is 0 Å². The maximum absolute atomic E-state index is 13.6. The van der Waals surface area contributed by atoms with E-state index >= 15 is 0 Å².